The van der Waals surface area contributed by atoms with Crippen LogP contribution < -0.4 is 15.4 Å². The molecule has 1 heterocycles. The van der Waals surface area contributed by atoms with Gasteiger partial charge in [0.25, 0.3) is 15.9 Å². The van der Waals surface area contributed by atoms with Gasteiger partial charge in [-0.3, -0.25) is 14.3 Å². The van der Waals surface area contributed by atoms with Gasteiger partial charge >= 0.3 is 0 Å². The number of carbonyl (C=O) groups is 2. The number of anilines is 2. The first-order valence-electron chi connectivity index (χ1n) is 8.96. The van der Waals surface area contributed by atoms with Gasteiger partial charge in [0.05, 0.1) is 16.3 Å². The predicted octanol–water partition coefficient (Wildman–Crippen LogP) is 3.67. The Kier molecular flexibility index (Phi) is 7.16. The average molecular weight is 480 g/mol. The summed E-state index contributed by atoms with van der Waals surface area (Å²) < 4.78 is 27.6. The number of nitrogens with one attached hydrogen (secondary N) is 3. The van der Waals surface area contributed by atoms with Crippen LogP contribution in [-0.4, -0.2) is 31.9 Å². The van der Waals surface area contributed by atoms with Gasteiger partial charge in [0.1, 0.15) is 5.75 Å². The summed E-state index contributed by atoms with van der Waals surface area (Å²) in [5.74, 6) is -1.09. The van der Waals surface area contributed by atoms with Crippen molar-refractivity contribution in [2.75, 3.05) is 16.6 Å². The summed E-state index contributed by atoms with van der Waals surface area (Å²) in [4.78, 5) is 23.9. The number of carbonyl (C=O) groups excluding carboxylic acids is 2. The molecule has 0 aliphatic carbocycles. The van der Waals surface area contributed by atoms with E-state index in [1.165, 1.54) is 35.6 Å². The van der Waals surface area contributed by atoms with Crippen molar-refractivity contribution in [3.8, 4) is 5.75 Å². The monoisotopic (exact) mass is 479 g/mol. The van der Waals surface area contributed by atoms with Crippen molar-refractivity contribution in [3.63, 3.8) is 0 Å². The van der Waals surface area contributed by atoms with E-state index >= 15 is 0 Å². The van der Waals surface area contributed by atoms with Crippen LogP contribution in [0.5, 0.6) is 5.75 Å². The number of phenolic OH excluding ortho intramolecular Hbond substituents is 1. The van der Waals surface area contributed by atoms with E-state index in [9.17, 15) is 23.1 Å². The summed E-state index contributed by atoms with van der Waals surface area (Å²) in [6.07, 6.45) is -0.0624. The quantitative estimate of drug-likeness (QED) is 0.367. The summed E-state index contributed by atoms with van der Waals surface area (Å²) in [6.45, 7) is 0.0790. The first-order valence-corrected chi connectivity index (χ1v) is 11.8. The molecule has 0 aliphatic heterocycles. The summed E-state index contributed by atoms with van der Waals surface area (Å²) in [5.41, 5.74) is 0.712. The van der Waals surface area contributed by atoms with E-state index in [1.807, 2.05) is 0 Å². The molecule has 2 aromatic carbocycles. The Labute approximate surface area is 187 Å². The maximum atomic E-state index is 12.6. The lowest BCUT2D eigenvalue weighted by Gasteiger charge is -2.12. The van der Waals surface area contributed by atoms with Gasteiger partial charge in [0, 0.05) is 28.9 Å². The molecule has 3 rings (SSSR count). The lowest BCUT2D eigenvalue weighted by molar-refractivity contribution is -0.116. The number of rotatable bonds is 8. The Morgan fingerprint density at radius 2 is 1.90 bits per heavy atom. The van der Waals surface area contributed by atoms with Gasteiger partial charge in [-0.1, -0.05) is 17.7 Å². The summed E-state index contributed by atoms with van der Waals surface area (Å²) >= 11 is 7.26. The van der Waals surface area contributed by atoms with E-state index in [0.717, 1.165) is 6.07 Å². The van der Waals surface area contributed by atoms with Gasteiger partial charge in [0.15, 0.2) is 0 Å². The van der Waals surface area contributed by atoms with Gasteiger partial charge in [-0.15, -0.1) is 0 Å². The molecule has 0 fully saturated rings. The SMILES string of the molecule is O=C(CCNC(=O)c1ccsc1)Nc1cc(S(=O)(=O)Nc2cccc(Cl)c2)ccc1O. The maximum Gasteiger partial charge on any atom is 0.261 e. The first kappa shape index (κ1) is 22.6. The molecule has 31 heavy (non-hydrogen) atoms. The van der Waals surface area contributed by atoms with Crippen LogP contribution in [0.1, 0.15) is 16.8 Å². The molecule has 0 radical (unpaired) electrons. The van der Waals surface area contributed by atoms with E-state index in [1.54, 1.807) is 29.0 Å². The van der Waals surface area contributed by atoms with Crippen LogP contribution >= 0.6 is 22.9 Å². The molecule has 4 N–H and O–H groups in total. The van der Waals surface area contributed by atoms with Crippen molar-refractivity contribution < 1.29 is 23.1 Å². The number of aromatic hydroxyl groups is 1. The molecule has 3 aromatic rings. The van der Waals surface area contributed by atoms with Gasteiger partial charge in [-0.05, 0) is 47.8 Å². The minimum Gasteiger partial charge on any atom is -0.506 e. The number of hydrogen-bond donors (Lipinski definition) is 4. The molecule has 1 aromatic heterocycles. The van der Waals surface area contributed by atoms with Crippen molar-refractivity contribution in [1.29, 1.82) is 0 Å². The molecule has 0 aliphatic rings. The number of hydrogen-bond acceptors (Lipinski definition) is 6. The molecule has 0 saturated heterocycles. The molecule has 8 nitrogen and oxygen atoms in total. The Morgan fingerprint density at radius 3 is 2.61 bits per heavy atom. The highest BCUT2D eigenvalue weighted by Gasteiger charge is 2.18. The lowest BCUT2D eigenvalue weighted by atomic mass is 10.2. The Balaban J connectivity index is 1.63. The summed E-state index contributed by atoms with van der Waals surface area (Å²) in [5, 5.41) is 18.9. The fourth-order valence-electron chi connectivity index (χ4n) is 2.55. The first-order chi connectivity index (χ1) is 14.7. The second-order valence-electron chi connectivity index (χ2n) is 6.36. The van der Waals surface area contributed by atoms with Crippen LogP contribution in [-0.2, 0) is 14.8 Å². The zero-order valence-corrected chi connectivity index (χ0v) is 18.4. The van der Waals surface area contributed by atoms with Crippen molar-refractivity contribution in [2.24, 2.45) is 0 Å². The highest BCUT2D eigenvalue weighted by Crippen LogP contribution is 2.28. The molecular weight excluding hydrogens is 462 g/mol. The van der Waals surface area contributed by atoms with Crippen molar-refractivity contribution in [3.05, 3.63) is 69.9 Å². The normalized spacial score (nSPS) is 11.0. The van der Waals surface area contributed by atoms with Gasteiger partial charge < -0.3 is 15.7 Å². The third kappa shape index (κ3) is 6.20. The fraction of sp³-hybridized carbons (Fsp3) is 0.100. The van der Waals surface area contributed by atoms with Crippen LogP contribution in [0.25, 0.3) is 0 Å². The average Bonchev–Trinajstić information content (AvgIpc) is 3.24. The zero-order chi connectivity index (χ0) is 22.4. The van der Waals surface area contributed by atoms with Crippen LogP contribution in [0.2, 0.25) is 5.02 Å². The van der Waals surface area contributed by atoms with Crippen LogP contribution in [0.15, 0.2) is 64.2 Å². The Bertz CT molecular complexity index is 1200. The molecule has 11 heteroatoms. The summed E-state index contributed by atoms with van der Waals surface area (Å²) in [6, 6.07) is 11.4. The van der Waals surface area contributed by atoms with Gasteiger partial charge in [-0.2, -0.15) is 11.3 Å². The maximum absolute atomic E-state index is 12.6. The molecule has 0 unspecified atom stereocenters. The van der Waals surface area contributed by atoms with Crippen LogP contribution in [0.4, 0.5) is 11.4 Å². The van der Waals surface area contributed by atoms with E-state index in [0.29, 0.717) is 10.6 Å². The molecule has 0 atom stereocenters. The van der Waals surface area contributed by atoms with E-state index < -0.39 is 15.9 Å². The molecular formula is C20H18ClN3O5S2. The second kappa shape index (κ2) is 9.82. The van der Waals surface area contributed by atoms with Crippen molar-refractivity contribution in [1.82, 2.24) is 5.32 Å². The predicted molar refractivity (Wildman–Crippen MR) is 120 cm³/mol. The van der Waals surface area contributed by atoms with Crippen LogP contribution in [0.3, 0.4) is 0 Å². The third-order valence-corrected chi connectivity index (χ3v) is 6.35. The summed E-state index contributed by atoms with van der Waals surface area (Å²) in [7, 11) is -3.99. The minimum absolute atomic E-state index is 0.0624. The smallest absolute Gasteiger partial charge is 0.261 e. The van der Waals surface area contributed by atoms with Gasteiger partial charge in [0.2, 0.25) is 5.91 Å². The number of benzene rings is 2. The van der Waals surface area contributed by atoms with Crippen molar-refractivity contribution in [2.45, 2.75) is 11.3 Å². The number of halogens is 1. The molecule has 2 amide bonds. The molecule has 0 bridgehead atoms. The van der Waals surface area contributed by atoms with E-state index in [4.69, 9.17) is 11.6 Å². The van der Waals surface area contributed by atoms with Crippen LogP contribution in [0, 0.1) is 0 Å². The molecule has 162 valence electrons. The highest BCUT2D eigenvalue weighted by molar-refractivity contribution is 7.92. The second-order valence-corrected chi connectivity index (χ2v) is 9.26. The van der Waals surface area contributed by atoms with E-state index in [-0.39, 0.29) is 40.9 Å². The minimum atomic E-state index is -3.99. The molecule has 0 saturated carbocycles. The molecule has 0 spiro atoms. The number of phenols is 1. The zero-order valence-electron chi connectivity index (χ0n) is 16.0. The largest absolute Gasteiger partial charge is 0.506 e. The Morgan fingerprint density at radius 1 is 1.10 bits per heavy atom. The number of thiophene rings is 1. The van der Waals surface area contributed by atoms with E-state index in [2.05, 4.69) is 15.4 Å². The number of amides is 2. The topological polar surface area (TPSA) is 125 Å². The van der Waals surface area contributed by atoms with Gasteiger partial charge in [-0.25, -0.2) is 8.42 Å². The fourth-order valence-corrected chi connectivity index (χ4v) is 4.45. The highest BCUT2D eigenvalue weighted by atomic mass is 35.5. The van der Waals surface area contributed by atoms with Crippen molar-refractivity contribution >= 4 is 56.2 Å². The standard InChI is InChI=1S/C20H18ClN3O5S2/c21-14-2-1-3-15(10-14)24-31(28,29)16-4-5-18(25)17(11-16)23-19(26)6-8-22-20(27)13-7-9-30-12-13/h1-5,7,9-12,24-25H,6,8H2,(H,22,27)(H,23,26). The Hall–Kier alpha value is -3.08. The number of sulfonamides is 1. The lowest BCUT2D eigenvalue weighted by Crippen LogP contribution is -2.27. The third-order valence-electron chi connectivity index (χ3n) is 4.05.